The predicted octanol–water partition coefficient (Wildman–Crippen LogP) is 2.98. The molecule has 0 aliphatic rings. The summed E-state index contributed by atoms with van der Waals surface area (Å²) < 4.78 is 5.38. The molecular weight excluding hydrogens is 272 g/mol. The molecule has 0 spiro atoms. The number of methoxy groups -OCH3 is 1. The van der Waals surface area contributed by atoms with Gasteiger partial charge in [0.25, 0.3) is 5.56 Å². The van der Waals surface area contributed by atoms with Crippen molar-refractivity contribution in [1.82, 2.24) is 10.2 Å². The maximum atomic E-state index is 11.2. The molecule has 0 atom stereocenters. The standard InChI is InChI=1S/C15H16N2O2S/c1-10-9-15(18)17-16-12(10)8-7-11-13(19-2)5-4-6-14(11)20-3/h4-9H,1-3H3,(H,17,18). The molecule has 20 heavy (non-hydrogen) atoms. The third-order valence-electron chi connectivity index (χ3n) is 2.91. The molecular formula is C15H16N2O2S. The van der Waals surface area contributed by atoms with Crippen molar-refractivity contribution < 1.29 is 4.74 Å². The molecule has 0 amide bonds. The monoisotopic (exact) mass is 288 g/mol. The van der Waals surface area contributed by atoms with E-state index in [4.69, 9.17) is 4.74 Å². The van der Waals surface area contributed by atoms with Gasteiger partial charge in [0.2, 0.25) is 0 Å². The number of aryl methyl sites for hydroxylation is 1. The Morgan fingerprint density at radius 3 is 2.80 bits per heavy atom. The summed E-state index contributed by atoms with van der Waals surface area (Å²) in [5.41, 5.74) is 2.39. The van der Waals surface area contributed by atoms with Crippen LogP contribution in [0.15, 0.2) is 34.0 Å². The van der Waals surface area contributed by atoms with E-state index in [1.165, 1.54) is 6.07 Å². The average Bonchev–Trinajstić information content (AvgIpc) is 2.46. The van der Waals surface area contributed by atoms with Gasteiger partial charge in [0.1, 0.15) is 5.75 Å². The Morgan fingerprint density at radius 1 is 1.35 bits per heavy atom. The maximum absolute atomic E-state index is 11.2. The zero-order chi connectivity index (χ0) is 14.5. The van der Waals surface area contributed by atoms with Crippen LogP contribution in [0.2, 0.25) is 0 Å². The Bertz CT molecular complexity index is 670. The zero-order valence-electron chi connectivity index (χ0n) is 11.6. The van der Waals surface area contributed by atoms with Crippen LogP contribution in [0.5, 0.6) is 5.75 Å². The second-order valence-electron chi connectivity index (χ2n) is 4.21. The molecule has 0 aliphatic carbocycles. The lowest BCUT2D eigenvalue weighted by molar-refractivity contribution is 0.412. The number of nitrogens with one attached hydrogen (secondary N) is 1. The number of aromatic amines is 1. The van der Waals surface area contributed by atoms with Gasteiger partial charge in [0, 0.05) is 16.5 Å². The van der Waals surface area contributed by atoms with Crippen LogP contribution >= 0.6 is 11.8 Å². The van der Waals surface area contributed by atoms with Crippen LogP contribution in [-0.2, 0) is 0 Å². The molecule has 0 saturated heterocycles. The van der Waals surface area contributed by atoms with E-state index in [9.17, 15) is 4.79 Å². The van der Waals surface area contributed by atoms with Gasteiger partial charge in [0.15, 0.2) is 0 Å². The Morgan fingerprint density at radius 2 is 2.15 bits per heavy atom. The quantitative estimate of drug-likeness (QED) is 0.879. The van der Waals surface area contributed by atoms with Crippen molar-refractivity contribution in [3.8, 4) is 5.75 Å². The molecule has 0 unspecified atom stereocenters. The summed E-state index contributed by atoms with van der Waals surface area (Å²) >= 11 is 1.66. The minimum Gasteiger partial charge on any atom is -0.496 e. The highest BCUT2D eigenvalue weighted by atomic mass is 32.2. The minimum absolute atomic E-state index is 0.193. The molecule has 1 N–H and O–H groups in total. The first-order valence-corrected chi connectivity index (χ1v) is 7.33. The van der Waals surface area contributed by atoms with Gasteiger partial charge in [-0.2, -0.15) is 5.10 Å². The zero-order valence-corrected chi connectivity index (χ0v) is 12.5. The molecule has 4 nitrogen and oxygen atoms in total. The Labute approximate surface area is 121 Å². The molecule has 0 saturated carbocycles. The van der Waals surface area contributed by atoms with Gasteiger partial charge in [-0.25, -0.2) is 5.10 Å². The topological polar surface area (TPSA) is 55.0 Å². The second-order valence-corrected chi connectivity index (χ2v) is 5.06. The fourth-order valence-corrected chi connectivity index (χ4v) is 2.48. The number of hydrogen-bond donors (Lipinski definition) is 1. The summed E-state index contributed by atoms with van der Waals surface area (Å²) in [5, 5.41) is 6.47. The normalized spacial score (nSPS) is 10.9. The van der Waals surface area contributed by atoms with E-state index in [-0.39, 0.29) is 5.56 Å². The Hall–Kier alpha value is -2.01. The maximum Gasteiger partial charge on any atom is 0.264 e. The third-order valence-corrected chi connectivity index (χ3v) is 3.71. The number of thioether (sulfide) groups is 1. The molecule has 1 heterocycles. The van der Waals surface area contributed by atoms with Gasteiger partial charge in [-0.05, 0) is 43.0 Å². The van der Waals surface area contributed by atoms with E-state index in [2.05, 4.69) is 10.2 Å². The molecule has 0 radical (unpaired) electrons. The van der Waals surface area contributed by atoms with Crippen LogP contribution in [0.3, 0.4) is 0 Å². The van der Waals surface area contributed by atoms with E-state index in [1.54, 1.807) is 18.9 Å². The lowest BCUT2D eigenvalue weighted by atomic mass is 10.1. The molecule has 5 heteroatoms. The summed E-state index contributed by atoms with van der Waals surface area (Å²) in [6.07, 6.45) is 5.86. The van der Waals surface area contributed by atoms with Gasteiger partial charge in [-0.15, -0.1) is 11.8 Å². The molecule has 2 rings (SSSR count). The molecule has 104 valence electrons. The molecule has 2 aromatic rings. The van der Waals surface area contributed by atoms with Crippen molar-refractivity contribution in [2.75, 3.05) is 13.4 Å². The minimum atomic E-state index is -0.193. The highest BCUT2D eigenvalue weighted by Crippen LogP contribution is 2.30. The number of benzene rings is 1. The van der Waals surface area contributed by atoms with E-state index in [1.807, 2.05) is 43.5 Å². The summed E-state index contributed by atoms with van der Waals surface area (Å²) in [5.74, 6) is 0.815. The lowest BCUT2D eigenvalue weighted by Crippen LogP contribution is -2.08. The largest absolute Gasteiger partial charge is 0.496 e. The van der Waals surface area contributed by atoms with Crippen molar-refractivity contribution in [3.05, 3.63) is 51.4 Å². The smallest absolute Gasteiger partial charge is 0.264 e. The summed E-state index contributed by atoms with van der Waals surface area (Å²) in [6.45, 7) is 1.86. The SMILES string of the molecule is COc1cccc(SC)c1C=Cc1n[nH]c(=O)cc1C. The number of H-pyrrole nitrogens is 1. The average molecular weight is 288 g/mol. The third kappa shape index (κ3) is 3.11. The summed E-state index contributed by atoms with van der Waals surface area (Å²) in [6, 6.07) is 7.46. The number of ether oxygens (including phenoxy) is 1. The van der Waals surface area contributed by atoms with Gasteiger partial charge >= 0.3 is 0 Å². The highest BCUT2D eigenvalue weighted by Gasteiger charge is 2.05. The highest BCUT2D eigenvalue weighted by molar-refractivity contribution is 7.98. The molecule has 1 aromatic heterocycles. The Balaban J connectivity index is 2.43. The summed E-state index contributed by atoms with van der Waals surface area (Å²) in [7, 11) is 1.65. The number of hydrogen-bond acceptors (Lipinski definition) is 4. The van der Waals surface area contributed by atoms with Gasteiger partial charge < -0.3 is 4.74 Å². The first kappa shape index (κ1) is 14.4. The number of nitrogens with zero attached hydrogens (tertiary/aromatic N) is 1. The van der Waals surface area contributed by atoms with E-state index >= 15 is 0 Å². The van der Waals surface area contributed by atoms with Crippen LogP contribution in [0.25, 0.3) is 12.2 Å². The summed E-state index contributed by atoms with van der Waals surface area (Å²) in [4.78, 5) is 12.3. The van der Waals surface area contributed by atoms with Gasteiger partial charge in [-0.1, -0.05) is 6.07 Å². The van der Waals surface area contributed by atoms with Crippen molar-refractivity contribution in [1.29, 1.82) is 0 Å². The van der Waals surface area contributed by atoms with E-state index in [0.29, 0.717) is 0 Å². The number of rotatable bonds is 4. The molecule has 1 aromatic carbocycles. The van der Waals surface area contributed by atoms with Crippen LogP contribution in [0, 0.1) is 6.92 Å². The van der Waals surface area contributed by atoms with E-state index in [0.717, 1.165) is 27.5 Å². The fraction of sp³-hybridized carbons (Fsp3) is 0.200. The van der Waals surface area contributed by atoms with Crippen LogP contribution < -0.4 is 10.3 Å². The van der Waals surface area contributed by atoms with Crippen LogP contribution in [0.1, 0.15) is 16.8 Å². The Kier molecular flexibility index (Phi) is 4.63. The van der Waals surface area contributed by atoms with Crippen molar-refractivity contribution in [2.24, 2.45) is 0 Å². The van der Waals surface area contributed by atoms with Gasteiger partial charge in [0.05, 0.1) is 12.8 Å². The lowest BCUT2D eigenvalue weighted by Gasteiger charge is -2.08. The number of aromatic nitrogens is 2. The predicted molar refractivity (Wildman–Crippen MR) is 83.3 cm³/mol. The van der Waals surface area contributed by atoms with Gasteiger partial charge in [-0.3, -0.25) is 4.79 Å². The fourth-order valence-electron chi connectivity index (χ4n) is 1.88. The first-order valence-electron chi connectivity index (χ1n) is 6.11. The molecule has 0 bridgehead atoms. The van der Waals surface area contributed by atoms with Crippen molar-refractivity contribution in [2.45, 2.75) is 11.8 Å². The van der Waals surface area contributed by atoms with Crippen LogP contribution in [0.4, 0.5) is 0 Å². The van der Waals surface area contributed by atoms with Crippen molar-refractivity contribution >= 4 is 23.9 Å². The second kappa shape index (κ2) is 6.43. The van der Waals surface area contributed by atoms with E-state index < -0.39 is 0 Å². The van der Waals surface area contributed by atoms with Crippen molar-refractivity contribution in [3.63, 3.8) is 0 Å². The molecule has 0 aliphatic heterocycles. The first-order chi connectivity index (χ1) is 9.65. The van der Waals surface area contributed by atoms with Crippen LogP contribution in [-0.4, -0.2) is 23.6 Å². The molecule has 0 fully saturated rings.